The summed E-state index contributed by atoms with van der Waals surface area (Å²) < 4.78 is 25.2. The van der Waals surface area contributed by atoms with Gasteiger partial charge in [-0.1, -0.05) is 69.4 Å². The molecule has 1 aromatic carbocycles. The van der Waals surface area contributed by atoms with E-state index >= 15 is 0 Å². The van der Waals surface area contributed by atoms with Crippen molar-refractivity contribution in [1.82, 2.24) is 0 Å². The third-order valence-corrected chi connectivity index (χ3v) is 16.7. The SMILES string of the molecule is CCOC(=O)/C(=C(/CCCCO[Si](C)(C)C(C)(C)C)B1OC(C)(C)C(C)(C)O1)[Si](C)(C)c1ccccc1. The van der Waals surface area contributed by atoms with Crippen LogP contribution < -0.4 is 5.19 Å². The number of esters is 1. The molecule has 5 nitrogen and oxygen atoms in total. The van der Waals surface area contributed by atoms with Crippen LogP contribution in [0.4, 0.5) is 0 Å². The zero-order chi connectivity index (χ0) is 28.3. The molecule has 1 saturated heterocycles. The Morgan fingerprint density at radius 3 is 1.97 bits per heavy atom. The Morgan fingerprint density at radius 1 is 0.946 bits per heavy atom. The molecule has 1 fully saturated rings. The Labute approximate surface area is 229 Å². The summed E-state index contributed by atoms with van der Waals surface area (Å²) >= 11 is 0. The van der Waals surface area contributed by atoms with Gasteiger partial charge in [0.25, 0.3) is 0 Å². The molecule has 208 valence electrons. The molecular formula is C29H51BO5Si2. The summed E-state index contributed by atoms with van der Waals surface area (Å²) in [6.07, 6.45) is 2.50. The van der Waals surface area contributed by atoms with Crippen LogP contribution in [0.3, 0.4) is 0 Å². The second kappa shape index (κ2) is 11.9. The molecule has 0 aromatic heterocycles. The van der Waals surface area contributed by atoms with E-state index in [0.29, 0.717) is 13.0 Å². The van der Waals surface area contributed by atoms with E-state index in [4.69, 9.17) is 18.5 Å². The first-order valence-electron chi connectivity index (χ1n) is 13.8. The van der Waals surface area contributed by atoms with Crippen LogP contribution in [-0.2, 0) is 23.3 Å². The highest BCUT2D eigenvalue weighted by Crippen LogP contribution is 2.41. The van der Waals surface area contributed by atoms with Crippen molar-refractivity contribution >= 4 is 34.7 Å². The van der Waals surface area contributed by atoms with E-state index in [1.807, 2.05) is 25.1 Å². The molecule has 0 aliphatic carbocycles. The number of allylic oxidation sites excluding steroid dienone is 1. The largest absolute Gasteiger partial charge is 0.490 e. The van der Waals surface area contributed by atoms with Crippen LogP contribution >= 0.6 is 0 Å². The standard InChI is InChI=1S/C29H51BO5Si2/c1-13-32-26(31)25(36(9,10)23-19-15-14-16-20-23)24(30-34-28(5,6)29(7,8)35-30)21-17-18-22-33-37(11,12)27(2,3)4/h14-16,19-20H,13,17-18,21-22H2,1-12H3/b25-24+. The van der Waals surface area contributed by atoms with Crippen molar-refractivity contribution in [2.45, 2.75) is 117 Å². The zero-order valence-corrected chi connectivity index (χ0v) is 27.5. The van der Waals surface area contributed by atoms with Crippen molar-refractivity contribution < 1.29 is 23.3 Å². The number of hydrogen-bond acceptors (Lipinski definition) is 5. The van der Waals surface area contributed by atoms with Crippen molar-refractivity contribution in [3.05, 3.63) is 41.0 Å². The van der Waals surface area contributed by atoms with Crippen LogP contribution in [0.25, 0.3) is 0 Å². The number of carbonyl (C=O) groups excluding carboxylic acids is 1. The highest BCUT2D eigenvalue weighted by atomic mass is 28.4. The molecule has 0 radical (unpaired) electrons. The van der Waals surface area contributed by atoms with Crippen LogP contribution in [0.1, 0.15) is 74.7 Å². The molecule has 1 aliphatic rings. The number of hydrogen-bond donors (Lipinski definition) is 0. The van der Waals surface area contributed by atoms with E-state index in [1.54, 1.807) is 0 Å². The second-order valence-corrected chi connectivity index (χ2v) is 22.4. The van der Waals surface area contributed by atoms with Gasteiger partial charge in [0.1, 0.15) is 8.07 Å². The van der Waals surface area contributed by atoms with Gasteiger partial charge in [0.05, 0.1) is 17.8 Å². The van der Waals surface area contributed by atoms with Gasteiger partial charge in [0.15, 0.2) is 8.32 Å². The molecule has 2 rings (SSSR count). The van der Waals surface area contributed by atoms with Crippen molar-refractivity contribution in [2.24, 2.45) is 0 Å². The maximum absolute atomic E-state index is 13.6. The number of unbranched alkanes of at least 4 members (excludes halogenated alkanes) is 1. The summed E-state index contributed by atoms with van der Waals surface area (Å²) in [7, 11) is -4.82. The molecule has 1 aliphatic heterocycles. The van der Waals surface area contributed by atoms with Gasteiger partial charge in [-0.25, -0.2) is 4.79 Å². The van der Waals surface area contributed by atoms with Gasteiger partial charge in [-0.2, -0.15) is 0 Å². The summed E-state index contributed by atoms with van der Waals surface area (Å²) in [6, 6.07) is 10.3. The minimum absolute atomic E-state index is 0.184. The topological polar surface area (TPSA) is 54.0 Å². The molecule has 1 heterocycles. The smallest absolute Gasteiger partial charge is 0.463 e. The maximum Gasteiger partial charge on any atom is 0.490 e. The fourth-order valence-electron chi connectivity index (χ4n) is 4.30. The van der Waals surface area contributed by atoms with Crippen LogP contribution in [-0.4, -0.2) is 53.9 Å². The van der Waals surface area contributed by atoms with Gasteiger partial charge in [-0.3, -0.25) is 0 Å². The normalized spacial score (nSPS) is 18.5. The fraction of sp³-hybridized carbons (Fsp3) is 0.690. The summed E-state index contributed by atoms with van der Waals surface area (Å²) in [5.74, 6) is -0.245. The van der Waals surface area contributed by atoms with Gasteiger partial charge in [-0.15, -0.1) is 0 Å². The minimum atomic E-state index is -2.44. The van der Waals surface area contributed by atoms with Crippen molar-refractivity contribution in [2.75, 3.05) is 13.2 Å². The van der Waals surface area contributed by atoms with Crippen LogP contribution in [0, 0.1) is 0 Å². The molecule has 37 heavy (non-hydrogen) atoms. The van der Waals surface area contributed by atoms with Gasteiger partial charge in [-0.05, 0) is 77.5 Å². The van der Waals surface area contributed by atoms with E-state index in [1.165, 1.54) is 5.19 Å². The third-order valence-electron chi connectivity index (χ3n) is 8.57. The Hall–Kier alpha value is -1.19. The zero-order valence-electron chi connectivity index (χ0n) is 25.5. The average molecular weight is 547 g/mol. The molecule has 0 unspecified atom stereocenters. The number of ether oxygens (including phenoxy) is 1. The van der Waals surface area contributed by atoms with E-state index in [9.17, 15) is 4.79 Å². The number of benzene rings is 1. The summed E-state index contributed by atoms with van der Waals surface area (Å²) in [4.78, 5) is 13.6. The van der Waals surface area contributed by atoms with Gasteiger partial charge in [0, 0.05) is 11.8 Å². The highest BCUT2D eigenvalue weighted by molar-refractivity contribution is 6.99. The molecule has 0 N–H and O–H groups in total. The monoisotopic (exact) mass is 546 g/mol. The molecule has 0 saturated carbocycles. The van der Waals surface area contributed by atoms with Gasteiger partial charge >= 0.3 is 13.1 Å². The minimum Gasteiger partial charge on any atom is -0.463 e. The maximum atomic E-state index is 13.6. The summed E-state index contributed by atoms with van der Waals surface area (Å²) in [6.45, 7) is 27.0. The first-order chi connectivity index (χ1) is 16.9. The molecule has 0 spiro atoms. The Balaban J connectivity index is 2.46. The van der Waals surface area contributed by atoms with Crippen LogP contribution in [0.5, 0.6) is 0 Å². The number of rotatable bonds is 11. The number of carbonyl (C=O) groups is 1. The van der Waals surface area contributed by atoms with Gasteiger partial charge in [0.2, 0.25) is 0 Å². The lowest BCUT2D eigenvalue weighted by Crippen LogP contribution is -2.49. The highest BCUT2D eigenvalue weighted by Gasteiger charge is 2.54. The van der Waals surface area contributed by atoms with E-state index in [-0.39, 0.29) is 11.0 Å². The Morgan fingerprint density at radius 2 is 1.49 bits per heavy atom. The van der Waals surface area contributed by atoms with Crippen molar-refractivity contribution in [3.63, 3.8) is 0 Å². The predicted molar refractivity (Wildman–Crippen MR) is 160 cm³/mol. The average Bonchev–Trinajstić information content (AvgIpc) is 2.99. The van der Waals surface area contributed by atoms with Crippen LogP contribution in [0.2, 0.25) is 31.2 Å². The first kappa shape index (κ1) is 32.0. The molecule has 0 atom stereocenters. The van der Waals surface area contributed by atoms with Crippen LogP contribution in [0.15, 0.2) is 41.0 Å². The first-order valence-corrected chi connectivity index (χ1v) is 19.7. The molecule has 1 aromatic rings. The quantitative estimate of drug-likeness (QED) is 0.132. The summed E-state index contributed by atoms with van der Waals surface area (Å²) in [5.41, 5.74) is -0.0518. The van der Waals surface area contributed by atoms with Crippen molar-refractivity contribution in [3.8, 4) is 0 Å². The summed E-state index contributed by atoms with van der Waals surface area (Å²) in [5, 5.41) is 2.14. The molecule has 8 heteroatoms. The van der Waals surface area contributed by atoms with E-state index < -0.39 is 34.7 Å². The lowest BCUT2D eigenvalue weighted by atomic mass is 9.75. The lowest BCUT2D eigenvalue weighted by Gasteiger charge is -2.36. The second-order valence-electron chi connectivity index (χ2n) is 13.3. The Kier molecular flexibility index (Phi) is 10.3. The fourth-order valence-corrected chi connectivity index (χ4v) is 8.33. The van der Waals surface area contributed by atoms with Crippen molar-refractivity contribution in [1.29, 1.82) is 0 Å². The lowest BCUT2D eigenvalue weighted by molar-refractivity contribution is -0.137. The molecule has 0 amide bonds. The molecule has 0 bridgehead atoms. The predicted octanol–water partition coefficient (Wildman–Crippen LogP) is 6.82. The molecular weight excluding hydrogens is 495 g/mol. The third kappa shape index (κ3) is 7.47. The Bertz CT molecular complexity index is 933. The van der Waals surface area contributed by atoms with Gasteiger partial charge < -0.3 is 18.5 Å². The van der Waals surface area contributed by atoms with E-state index in [2.05, 4.69) is 86.8 Å². The van der Waals surface area contributed by atoms with E-state index in [0.717, 1.165) is 30.1 Å².